The molecule has 1 unspecified atom stereocenters. The van der Waals surface area contributed by atoms with Gasteiger partial charge in [0.25, 0.3) is 0 Å². The summed E-state index contributed by atoms with van der Waals surface area (Å²) in [6.07, 6.45) is 2.69. The van der Waals surface area contributed by atoms with Crippen LogP contribution in [0.3, 0.4) is 0 Å². The first-order valence-corrected chi connectivity index (χ1v) is 5.46. The van der Waals surface area contributed by atoms with Gasteiger partial charge in [0.05, 0.1) is 6.10 Å². The van der Waals surface area contributed by atoms with E-state index in [1.165, 1.54) is 16.7 Å². The van der Waals surface area contributed by atoms with E-state index in [9.17, 15) is 5.11 Å². The molecule has 78 valence electrons. The Morgan fingerprint density at radius 1 is 1.14 bits per heavy atom. The van der Waals surface area contributed by atoms with Crippen molar-refractivity contribution in [3.05, 3.63) is 34.9 Å². The van der Waals surface area contributed by atoms with Gasteiger partial charge < -0.3 is 5.11 Å². The van der Waals surface area contributed by atoms with Crippen LogP contribution in [0.5, 0.6) is 0 Å². The van der Waals surface area contributed by atoms with Crippen LogP contribution in [0.25, 0.3) is 0 Å². The van der Waals surface area contributed by atoms with E-state index >= 15 is 0 Å². The van der Waals surface area contributed by atoms with Crippen molar-refractivity contribution in [1.82, 2.24) is 0 Å². The van der Waals surface area contributed by atoms with Gasteiger partial charge in [-0.3, -0.25) is 0 Å². The molecule has 0 aliphatic carbocycles. The van der Waals surface area contributed by atoms with Crippen LogP contribution in [-0.4, -0.2) is 11.2 Å². The van der Waals surface area contributed by atoms with Crippen molar-refractivity contribution in [3.63, 3.8) is 0 Å². The lowest BCUT2D eigenvalue weighted by Crippen LogP contribution is -2.05. The Kier molecular flexibility index (Phi) is 4.15. The third-order valence-corrected chi connectivity index (χ3v) is 2.56. The topological polar surface area (TPSA) is 20.2 Å². The number of aryl methyl sites for hydroxylation is 2. The second-order valence-electron chi connectivity index (χ2n) is 3.86. The summed E-state index contributed by atoms with van der Waals surface area (Å²) in [6, 6.07) is 6.55. The summed E-state index contributed by atoms with van der Waals surface area (Å²) in [5.74, 6) is 0. The fourth-order valence-electron chi connectivity index (χ4n) is 1.82. The Balaban J connectivity index is 2.89. The Bertz CT molecular complexity index is 289. The Morgan fingerprint density at radius 3 is 2.29 bits per heavy atom. The van der Waals surface area contributed by atoms with Crippen LogP contribution in [0.15, 0.2) is 18.2 Å². The first kappa shape index (κ1) is 11.3. The van der Waals surface area contributed by atoms with Crippen LogP contribution in [0.4, 0.5) is 0 Å². The largest absolute Gasteiger partial charge is 0.393 e. The minimum Gasteiger partial charge on any atom is -0.393 e. The van der Waals surface area contributed by atoms with E-state index in [2.05, 4.69) is 32.0 Å². The third kappa shape index (κ3) is 2.85. The summed E-state index contributed by atoms with van der Waals surface area (Å²) in [4.78, 5) is 0. The summed E-state index contributed by atoms with van der Waals surface area (Å²) < 4.78 is 0. The van der Waals surface area contributed by atoms with Crippen LogP contribution in [0.1, 0.15) is 37.5 Å². The van der Waals surface area contributed by atoms with E-state index in [1.54, 1.807) is 0 Å². The second kappa shape index (κ2) is 5.16. The van der Waals surface area contributed by atoms with Gasteiger partial charge in [-0.25, -0.2) is 0 Å². The van der Waals surface area contributed by atoms with Crippen LogP contribution < -0.4 is 0 Å². The van der Waals surface area contributed by atoms with Crippen molar-refractivity contribution in [2.24, 2.45) is 0 Å². The minimum absolute atomic E-state index is 0.243. The summed E-state index contributed by atoms with van der Waals surface area (Å²) in [6.45, 7) is 6.20. The summed E-state index contributed by atoms with van der Waals surface area (Å²) in [7, 11) is 0. The van der Waals surface area contributed by atoms with Gasteiger partial charge in [0.15, 0.2) is 0 Å². The molecule has 14 heavy (non-hydrogen) atoms. The Hall–Kier alpha value is -0.820. The number of hydrogen-bond donors (Lipinski definition) is 1. The molecule has 0 aliphatic rings. The zero-order valence-corrected chi connectivity index (χ0v) is 9.38. The highest BCUT2D eigenvalue weighted by Crippen LogP contribution is 2.14. The smallest absolute Gasteiger partial charge is 0.0552 e. The quantitative estimate of drug-likeness (QED) is 0.777. The summed E-state index contributed by atoms with van der Waals surface area (Å²) in [5, 5.41) is 9.30. The monoisotopic (exact) mass is 192 g/mol. The third-order valence-electron chi connectivity index (χ3n) is 2.56. The van der Waals surface area contributed by atoms with E-state index in [1.807, 2.05) is 6.92 Å². The van der Waals surface area contributed by atoms with Gasteiger partial charge in [-0.2, -0.15) is 0 Å². The average molecular weight is 192 g/mol. The zero-order chi connectivity index (χ0) is 10.6. The van der Waals surface area contributed by atoms with Gasteiger partial charge in [-0.15, -0.1) is 0 Å². The van der Waals surface area contributed by atoms with Crippen molar-refractivity contribution in [3.8, 4) is 0 Å². The first-order valence-electron chi connectivity index (χ1n) is 5.46. The molecule has 0 aromatic heterocycles. The number of aliphatic hydroxyl groups is 1. The average Bonchev–Trinajstić information content (AvgIpc) is 2.16. The molecule has 0 bridgehead atoms. The van der Waals surface area contributed by atoms with Crippen molar-refractivity contribution >= 4 is 0 Å². The molecule has 1 heteroatoms. The fourth-order valence-corrected chi connectivity index (χ4v) is 1.82. The molecule has 0 aliphatic heterocycles. The first-order chi connectivity index (χ1) is 6.67. The molecule has 0 radical (unpaired) electrons. The molecule has 1 N–H and O–H groups in total. The van der Waals surface area contributed by atoms with Crippen LogP contribution in [-0.2, 0) is 19.3 Å². The van der Waals surface area contributed by atoms with Gasteiger partial charge in [-0.05, 0) is 42.9 Å². The van der Waals surface area contributed by atoms with E-state index in [0.29, 0.717) is 0 Å². The lowest BCUT2D eigenvalue weighted by Gasteiger charge is -2.10. The highest BCUT2D eigenvalue weighted by Gasteiger charge is 2.03. The number of hydrogen-bond acceptors (Lipinski definition) is 1. The second-order valence-corrected chi connectivity index (χ2v) is 3.86. The van der Waals surface area contributed by atoms with Crippen LogP contribution in [0, 0.1) is 0 Å². The normalized spacial score (nSPS) is 12.9. The SMILES string of the molecule is CCc1ccc(CC(C)O)cc1CC. The van der Waals surface area contributed by atoms with Crippen molar-refractivity contribution in [1.29, 1.82) is 0 Å². The van der Waals surface area contributed by atoms with Crippen molar-refractivity contribution in [2.45, 2.75) is 46.1 Å². The molecule has 1 rings (SSSR count). The molecule has 0 heterocycles. The van der Waals surface area contributed by atoms with E-state index < -0.39 is 0 Å². The standard InChI is InChI=1S/C13H20O/c1-4-12-7-6-11(8-10(3)14)9-13(12)5-2/h6-7,9-10,14H,4-5,8H2,1-3H3. The molecular formula is C13H20O. The molecule has 1 aromatic rings. The van der Waals surface area contributed by atoms with E-state index in [0.717, 1.165) is 19.3 Å². The lowest BCUT2D eigenvalue weighted by molar-refractivity contribution is 0.195. The fraction of sp³-hybridized carbons (Fsp3) is 0.538. The summed E-state index contributed by atoms with van der Waals surface area (Å²) >= 11 is 0. The van der Waals surface area contributed by atoms with Gasteiger partial charge in [0.1, 0.15) is 0 Å². The predicted octanol–water partition coefficient (Wildman–Crippen LogP) is 2.73. The Morgan fingerprint density at radius 2 is 1.79 bits per heavy atom. The molecule has 1 atom stereocenters. The van der Waals surface area contributed by atoms with Crippen molar-refractivity contribution < 1.29 is 5.11 Å². The molecule has 0 spiro atoms. The maximum Gasteiger partial charge on any atom is 0.0552 e. The molecule has 0 saturated heterocycles. The molecule has 0 saturated carbocycles. The summed E-state index contributed by atoms with van der Waals surface area (Å²) in [5.41, 5.74) is 4.10. The Labute approximate surface area is 86.8 Å². The predicted molar refractivity (Wildman–Crippen MR) is 60.6 cm³/mol. The van der Waals surface area contributed by atoms with Gasteiger partial charge in [0, 0.05) is 0 Å². The van der Waals surface area contributed by atoms with Gasteiger partial charge in [0.2, 0.25) is 0 Å². The number of rotatable bonds is 4. The van der Waals surface area contributed by atoms with E-state index in [-0.39, 0.29) is 6.10 Å². The molecular weight excluding hydrogens is 172 g/mol. The number of aliphatic hydroxyl groups excluding tert-OH is 1. The molecule has 0 amide bonds. The molecule has 1 nitrogen and oxygen atoms in total. The number of benzene rings is 1. The molecule has 1 aromatic carbocycles. The van der Waals surface area contributed by atoms with Crippen molar-refractivity contribution in [2.75, 3.05) is 0 Å². The lowest BCUT2D eigenvalue weighted by atomic mass is 9.98. The maximum absolute atomic E-state index is 9.30. The van der Waals surface area contributed by atoms with Crippen LogP contribution in [0.2, 0.25) is 0 Å². The molecule has 0 fully saturated rings. The highest BCUT2D eigenvalue weighted by molar-refractivity contribution is 5.32. The van der Waals surface area contributed by atoms with Crippen LogP contribution >= 0.6 is 0 Å². The zero-order valence-electron chi connectivity index (χ0n) is 9.38. The van der Waals surface area contributed by atoms with Gasteiger partial charge in [-0.1, -0.05) is 32.0 Å². The minimum atomic E-state index is -0.243. The maximum atomic E-state index is 9.30. The highest BCUT2D eigenvalue weighted by atomic mass is 16.3. The van der Waals surface area contributed by atoms with Gasteiger partial charge >= 0.3 is 0 Å². The van der Waals surface area contributed by atoms with E-state index in [4.69, 9.17) is 0 Å².